The number of hydrogen-bond acceptors (Lipinski definition) is 3. The molecule has 0 aliphatic heterocycles. The molecule has 1 aliphatic carbocycles. The number of amides is 1. The molecule has 1 aliphatic rings. The minimum atomic E-state index is 0.101. The van der Waals surface area contributed by atoms with Crippen LogP contribution in [0.1, 0.15) is 42.2 Å². The van der Waals surface area contributed by atoms with Crippen LogP contribution in [0.5, 0.6) is 0 Å². The third kappa shape index (κ3) is 3.46. The van der Waals surface area contributed by atoms with Crippen molar-refractivity contribution in [1.29, 1.82) is 0 Å². The lowest BCUT2D eigenvalue weighted by molar-refractivity contribution is 0.0749. The lowest BCUT2D eigenvalue weighted by Crippen LogP contribution is -2.33. The molecule has 0 radical (unpaired) electrons. The molecule has 4 rings (SSSR count). The topological polar surface area (TPSA) is 51.0 Å². The highest BCUT2D eigenvalue weighted by atomic mass is 16.2. The monoisotopic (exact) mass is 362 g/mol. The Hall–Kier alpha value is -2.69. The lowest BCUT2D eigenvalue weighted by Gasteiger charge is -2.23. The van der Waals surface area contributed by atoms with E-state index in [0.29, 0.717) is 5.92 Å². The molecule has 0 atom stereocenters. The average molecular weight is 362 g/mol. The van der Waals surface area contributed by atoms with Gasteiger partial charge >= 0.3 is 0 Å². The summed E-state index contributed by atoms with van der Waals surface area (Å²) in [6.07, 6.45) is 3.44. The first kappa shape index (κ1) is 17.7. The van der Waals surface area contributed by atoms with Crippen LogP contribution in [-0.2, 0) is 7.05 Å². The van der Waals surface area contributed by atoms with E-state index >= 15 is 0 Å². The molecule has 2 aromatic heterocycles. The van der Waals surface area contributed by atoms with Gasteiger partial charge in [-0.05, 0) is 38.2 Å². The van der Waals surface area contributed by atoms with E-state index in [2.05, 4.69) is 12.0 Å². The van der Waals surface area contributed by atoms with E-state index in [1.54, 1.807) is 4.68 Å². The van der Waals surface area contributed by atoms with Crippen molar-refractivity contribution < 1.29 is 4.79 Å². The van der Waals surface area contributed by atoms with E-state index in [1.807, 2.05) is 55.3 Å². The van der Waals surface area contributed by atoms with E-state index in [0.717, 1.165) is 53.1 Å². The van der Waals surface area contributed by atoms with Gasteiger partial charge in [0.15, 0.2) is 5.65 Å². The van der Waals surface area contributed by atoms with Crippen LogP contribution in [0.25, 0.3) is 22.3 Å². The van der Waals surface area contributed by atoms with Gasteiger partial charge in [-0.15, -0.1) is 0 Å². The van der Waals surface area contributed by atoms with E-state index < -0.39 is 0 Å². The summed E-state index contributed by atoms with van der Waals surface area (Å²) in [6.45, 7) is 5.73. The van der Waals surface area contributed by atoms with Gasteiger partial charge in [-0.3, -0.25) is 9.48 Å². The summed E-state index contributed by atoms with van der Waals surface area (Å²) < 4.78 is 1.78. The highest BCUT2D eigenvalue weighted by molar-refractivity contribution is 6.07. The molecule has 3 aromatic rings. The molecule has 5 nitrogen and oxygen atoms in total. The lowest BCUT2D eigenvalue weighted by atomic mass is 10.0. The Morgan fingerprint density at radius 2 is 2.00 bits per heavy atom. The molecule has 0 unspecified atom stereocenters. The second kappa shape index (κ2) is 7.14. The Morgan fingerprint density at radius 3 is 2.67 bits per heavy atom. The van der Waals surface area contributed by atoms with Gasteiger partial charge in [0, 0.05) is 25.7 Å². The number of carbonyl (C=O) groups is 1. The summed E-state index contributed by atoms with van der Waals surface area (Å²) >= 11 is 0. The van der Waals surface area contributed by atoms with Gasteiger partial charge in [0.1, 0.15) is 0 Å². The number of fused-ring (bicyclic) bond motifs is 1. The zero-order chi connectivity index (χ0) is 19.0. The van der Waals surface area contributed by atoms with Gasteiger partial charge in [0.25, 0.3) is 5.91 Å². The fourth-order valence-electron chi connectivity index (χ4n) is 3.70. The molecule has 140 valence electrons. The van der Waals surface area contributed by atoms with Crippen molar-refractivity contribution in [3.8, 4) is 11.3 Å². The van der Waals surface area contributed by atoms with Crippen LogP contribution < -0.4 is 0 Å². The molecule has 0 spiro atoms. The number of pyridine rings is 1. The molecule has 5 heteroatoms. The fourth-order valence-corrected chi connectivity index (χ4v) is 3.70. The SMILES string of the molecule is CCCN(CC1CC1)C(=O)c1cc(-c2ccccc2)nc2c1c(C)nn2C. The van der Waals surface area contributed by atoms with Gasteiger partial charge in [0.05, 0.1) is 22.3 Å². The maximum absolute atomic E-state index is 13.5. The molecular weight excluding hydrogens is 336 g/mol. The summed E-state index contributed by atoms with van der Waals surface area (Å²) in [5.41, 5.74) is 4.17. The Balaban J connectivity index is 1.85. The van der Waals surface area contributed by atoms with Crippen LogP contribution in [0.3, 0.4) is 0 Å². The Kier molecular flexibility index (Phi) is 4.68. The summed E-state index contributed by atoms with van der Waals surface area (Å²) in [5, 5.41) is 5.40. The van der Waals surface area contributed by atoms with Crippen molar-refractivity contribution in [3.63, 3.8) is 0 Å². The predicted molar refractivity (Wildman–Crippen MR) is 108 cm³/mol. The maximum Gasteiger partial charge on any atom is 0.254 e. The van der Waals surface area contributed by atoms with Crippen LogP contribution in [0.4, 0.5) is 0 Å². The van der Waals surface area contributed by atoms with E-state index in [1.165, 1.54) is 12.8 Å². The Morgan fingerprint density at radius 1 is 1.26 bits per heavy atom. The van der Waals surface area contributed by atoms with Gasteiger partial charge in [-0.25, -0.2) is 4.98 Å². The van der Waals surface area contributed by atoms with Crippen molar-refractivity contribution in [1.82, 2.24) is 19.7 Å². The van der Waals surface area contributed by atoms with Crippen molar-refractivity contribution in [3.05, 3.63) is 47.7 Å². The van der Waals surface area contributed by atoms with Crippen LogP contribution in [0, 0.1) is 12.8 Å². The predicted octanol–water partition coefficient (Wildman–Crippen LogP) is 4.21. The molecule has 0 saturated heterocycles. The highest BCUT2D eigenvalue weighted by Crippen LogP contribution is 2.32. The van der Waals surface area contributed by atoms with Crippen LogP contribution in [-0.4, -0.2) is 38.7 Å². The first-order valence-electron chi connectivity index (χ1n) is 9.77. The second-order valence-corrected chi connectivity index (χ2v) is 7.52. The molecule has 0 bridgehead atoms. The number of aromatic nitrogens is 3. The summed E-state index contributed by atoms with van der Waals surface area (Å²) in [7, 11) is 1.89. The summed E-state index contributed by atoms with van der Waals surface area (Å²) in [5.74, 6) is 0.769. The highest BCUT2D eigenvalue weighted by Gasteiger charge is 2.29. The molecule has 1 saturated carbocycles. The quantitative estimate of drug-likeness (QED) is 0.660. The molecule has 1 amide bonds. The van der Waals surface area contributed by atoms with Crippen molar-refractivity contribution in [2.45, 2.75) is 33.1 Å². The van der Waals surface area contributed by atoms with Gasteiger partial charge in [-0.1, -0.05) is 37.3 Å². The average Bonchev–Trinajstić information content (AvgIpc) is 3.45. The van der Waals surface area contributed by atoms with Gasteiger partial charge < -0.3 is 4.90 Å². The molecular formula is C22H26N4O. The second-order valence-electron chi connectivity index (χ2n) is 7.52. The smallest absolute Gasteiger partial charge is 0.254 e. The van der Waals surface area contributed by atoms with E-state index in [-0.39, 0.29) is 5.91 Å². The molecule has 1 fully saturated rings. The number of hydrogen-bond donors (Lipinski definition) is 0. The Bertz CT molecular complexity index is 973. The molecule has 0 N–H and O–H groups in total. The first-order chi connectivity index (χ1) is 13.1. The minimum absolute atomic E-state index is 0.101. The maximum atomic E-state index is 13.5. The first-order valence-corrected chi connectivity index (χ1v) is 9.77. The summed E-state index contributed by atoms with van der Waals surface area (Å²) in [4.78, 5) is 20.4. The third-order valence-electron chi connectivity index (χ3n) is 5.22. The van der Waals surface area contributed by atoms with Crippen LogP contribution >= 0.6 is 0 Å². The number of benzene rings is 1. The number of carbonyl (C=O) groups excluding carboxylic acids is 1. The minimum Gasteiger partial charge on any atom is -0.338 e. The van der Waals surface area contributed by atoms with Crippen LogP contribution in [0.2, 0.25) is 0 Å². The van der Waals surface area contributed by atoms with Gasteiger partial charge in [-0.2, -0.15) is 5.10 Å². The van der Waals surface area contributed by atoms with E-state index in [9.17, 15) is 4.79 Å². The third-order valence-corrected chi connectivity index (χ3v) is 5.22. The fraction of sp³-hybridized carbons (Fsp3) is 0.409. The number of aryl methyl sites for hydroxylation is 2. The van der Waals surface area contributed by atoms with Crippen molar-refractivity contribution >= 4 is 16.9 Å². The number of rotatable bonds is 6. The molecule has 27 heavy (non-hydrogen) atoms. The van der Waals surface area contributed by atoms with Crippen LogP contribution in [0.15, 0.2) is 36.4 Å². The van der Waals surface area contributed by atoms with Gasteiger partial charge in [0.2, 0.25) is 0 Å². The largest absolute Gasteiger partial charge is 0.338 e. The zero-order valence-electron chi connectivity index (χ0n) is 16.3. The molecule has 1 aromatic carbocycles. The normalized spacial score (nSPS) is 13.9. The van der Waals surface area contributed by atoms with Crippen molar-refractivity contribution in [2.75, 3.05) is 13.1 Å². The van der Waals surface area contributed by atoms with E-state index in [4.69, 9.17) is 4.98 Å². The Labute approximate surface area is 160 Å². The summed E-state index contributed by atoms with van der Waals surface area (Å²) in [6, 6.07) is 12.0. The zero-order valence-corrected chi connectivity index (χ0v) is 16.3. The number of nitrogens with zero attached hydrogens (tertiary/aromatic N) is 4. The molecule has 2 heterocycles. The van der Waals surface area contributed by atoms with Crippen molar-refractivity contribution in [2.24, 2.45) is 13.0 Å². The standard InChI is InChI=1S/C22H26N4O/c1-4-12-26(14-16-10-11-16)22(27)18-13-19(17-8-6-5-7-9-17)23-21-20(18)15(2)24-25(21)3/h5-9,13,16H,4,10-12,14H2,1-3H3.